The summed E-state index contributed by atoms with van der Waals surface area (Å²) < 4.78 is 0. The summed E-state index contributed by atoms with van der Waals surface area (Å²) in [5, 5.41) is 10.1. The molecule has 2 nitrogen and oxygen atoms in total. The Morgan fingerprint density at radius 1 is 1.41 bits per heavy atom. The molecule has 1 fully saturated rings. The van der Waals surface area contributed by atoms with Crippen LogP contribution in [-0.4, -0.2) is 17.3 Å². The quantitative estimate of drug-likeness (QED) is 0.845. The maximum absolute atomic E-state index is 11.5. The molecule has 1 aromatic carbocycles. The molecule has 0 aliphatic heterocycles. The second kappa shape index (κ2) is 4.91. The minimum absolute atomic E-state index is 0.655. The third-order valence-corrected chi connectivity index (χ3v) is 4.79. The van der Waals surface area contributed by atoms with Crippen LogP contribution in [0.2, 0.25) is 5.02 Å². The molecule has 0 amide bonds. The Morgan fingerprint density at radius 2 is 2.06 bits per heavy atom. The maximum atomic E-state index is 11.5. The van der Waals surface area contributed by atoms with Crippen molar-refractivity contribution in [2.24, 2.45) is 0 Å². The zero-order valence-electron chi connectivity index (χ0n) is 9.70. The van der Waals surface area contributed by atoms with Gasteiger partial charge in [0.25, 0.3) is 0 Å². The molecule has 0 heterocycles. The topological polar surface area (TPSA) is 37.3 Å². The number of hydrogen-bond acceptors (Lipinski definition) is 2. The third kappa shape index (κ3) is 2.18. The lowest BCUT2D eigenvalue weighted by molar-refractivity contribution is -0.143. The van der Waals surface area contributed by atoms with Gasteiger partial charge in [0.05, 0.1) is 10.4 Å². The van der Waals surface area contributed by atoms with Gasteiger partial charge in [-0.1, -0.05) is 30.5 Å². The van der Waals surface area contributed by atoms with Crippen molar-refractivity contribution < 1.29 is 9.90 Å². The molecule has 0 aromatic heterocycles. The number of rotatable bonds is 3. The average Bonchev–Trinajstić information content (AvgIpc) is 2.79. The zero-order valence-corrected chi connectivity index (χ0v) is 11.3. The lowest BCUT2D eigenvalue weighted by atomic mass is 9.79. The van der Waals surface area contributed by atoms with Crippen LogP contribution in [0.15, 0.2) is 23.1 Å². The second-order valence-electron chi connectivity index (χ2n) is 4.44. The Labute approximate surface area is 110 Å². The van der Waals surface area contributed by atoms with E-state index in [-0.39, 0.29) is 0 Å². The highest BCUT2D eigenvalue weighted by Gasteiger charge is 2.42. The standard InChI is InChI=1S/C13H15ClO2S/c1-17-11-5-4-9(8-10(11)14)13(12(15)16)6-2-3-7-13/h4-5,8H,2-3,6-7H2,1H3,(H,15,16). The van der Waals surface area contributed by atoms with E-state index >= 15 is 0 Å². The monoisotopic (exact) mass is 270 g/mol. The maximum Gasteiger partial charge on any atom is 0.314 e. The summed E-state index contributed by atoms with van der Waals surface area (Å²) in [5.74, 6) is -0.719. The largest absolute Gasteiger partial charge is 0.481 e. The van der Waals surface area contributed by atoms with Crippen molar-refractivity contribution in [3.63, 3.8) is 0 Å². The van der Waals surface area contributed by atoms with Gasteiger partial charge in [-0.25, -0.2) is 0 Å². The Hall–Kier alpha value is -0.670. The fourth-order valence-corrected chi connectivity index (χ4v) is 3.44. The van der Waals surface area contributed by atoms with Crippen LogP contribution >= 0.6 is 23.4 Å². The van der Waals surface area contributed by atoms with E-state index in [4.69, 9.17) is 11.6 Å². The number of carboxylic acid groups (broad SMARTS) is 1. The number of benzene rings is 1. The number of hydrogen-bond donors (Lipinski definition) is 1. The van der Waals surface area contributed by atoms with Crippen LogP contribution in [0, 0.1) is 0 Å². The highest BCUT2D eigenvalue weighted by molar-refractivity contribution is 7.98. The van der Waals surface area contributed by atoms with Gasteiger partial charge in [-0.05, 0) is 36.8 Å². The summed E-state index contributed by atoms with van der Waals surface area (Å²) in [5.41, 5.74) is 0.144. The van der Waals surface area contributed by atoms with Crippen molar-refractivity contribution >= 4 is 29.3 Å². The Kier molecular flexibility index (Phi) is 3.69. The lowest BCUT2D eigenvalue weighted by Gasteiger charge is -2.24. The third-order valence-electron chi connectivity index (χ3n) is 3.57. The molecule has 2 rings (SSSR count). The molecular formula is C13H15ClO2S. The molecule has 1 saturated carbocycles. The summed E-state index contributed by atoms with van der Waals surface area (Å²) in [6, 6.07) is 5.66. The molecular weight excluding hydrogens is 256 g/mol. The summed E-state index contributed by atoms with van der Waals surface area (Å²) in [6.45, 7) is 0. The molecule has 17 heavy (non-hydrogen) atoms. The Morgan fingerprint density at radius 3 is 2.53 bits per heavy atom. The van der Waals surface area contributed by atoms with Gasteiger partial charge in [-0.2, -0.15) is 0 Å². The fraction of sp³-hybridized carbons (Fsp3) is 0.462. The molecule has 0 atom stereocenters. The van der Waals surface area contributed by atoms with Crippen molar-refractivity contribution in [3.8, 4) is 0 Å². The van der Waals surface area contributed by atoms with E-state index in [1.807, 2.05) is 24.5 Å². The van der Waals surface area contributed by atoms with Crippen molar-refractivity contribution in [1.29, 1.82) is 0 Å². The normalized spacial score (nSPS) is 18.2. The van der Waals surface area contributed by atoms with E-state index in [1.165, 1.54) is 0 Å². The van der Waals surface area contributed by atoms with Crippen molar-refractivity contribution in [2.45, 2.75) is 36.0 Å². The SMILES string of the molecule is CSc1ccc(C2(C(=O)O)CCCC2)cc1Cl. The average molecular weight is 271 g/mol. The predicted molar refractivity (Wildman–Crippen MR) is 71.0 cm³/mol. The van der Waals surface area contributed by atoms with E-state index in [1.54, 1.807) is 11.8 Å². The predicted octanol–water partition coefficient (Wildman–Crippen LogP) is 3.96. The molecule has 0 unspecified atom stereocenters. The van der Waals surface area contributed by atoms with Crippen LogP contribution in [0.1, 0.15) is 31.2 Å². The summed E-state index contributed by atoms with van der Waals surface area (Å²) >= 11 is 7.74. The lowest BCUT2D eigenvalue weighted by Crippen LogP contribution is -2.32. The number of aliphatic carboxylic acids is 1. The van der Waals surface area contributed by atoms with Gasteiger partial charge in [-0.15, -0.1) is 11.8 Å². The van der Waals surface area contributed by atoms with Crippen LogP contribution in [0.5, 0.6) is 0 Å². The molecule has 92 valence electrons. The summed E-state index contributed by atoms with van der Waals surface area (Å²) in [7, 11) is 0. The van der Waals surface area contributed by atoms with Crippen LogP contribution in [-0.2, 0) is 10.2 Å². The molecule has 1 aliphatic rings. The first-order valence-corrected chi connectivity index (χ1v) is 7.28. The number of carbonyl (C=O) groups is 1. The number of thioether (sulfide) groups is 1. The van der Waals surface area contributed by atoms with Crippen LogP contribution in [0.3, 0.4) is 0 Å². The summed E-state index contributed by atoms with van der Waals surface area (Å²) in [4.78, 5) is 12.5. The smallest absolute Gasteiger partial charge is 0.314 e. The Bertz CT molecular complexity index is 439. The van der Waals surface area contributed by atoms with E-state index in [0.29, 0.717) is 5.02 Å². The van der Waals surface area contributed by atoms with Gasteiger partial charge in [0.2, 0.25) is 0 Å². The van der Waals surface area contributed by atoms with Crippen LogP contribution < -0.4 is 0 Å². The first-order valence-electron chi connectivity index (χ1n) is 5.67. The van der Waals surface area contributed by atoms with Crippen molar-refractivity contribution in [1.82, 2.24) is 0 Å². The van der Waals surface area contributed by atoms with Crippen LogP contribution in [0.25, 0.3) is 0 Å². The molecule has 0 saturated heterocycles. The molecule has 1 aromatic rings. The molecule has 1 N–H and O–H groups in total. The van der Waals surface area contributed by atoms with Crippen LogP contribution in [0.4, 0.5) is 0 Å². The molecule has 0 radical (unpaired) electrons. The first-order chi connectivity index (χ1) is 8.10. The van der Waals surface area contributed by atoms with Gasteiger partial charge in [0, 0.05) is 4.90 Å². The van der Waals surface area contributed by atoms with Crippen molar-refractivity contribution in [3.05, 3.63) is 28.8 Å². The van der Waals surface area contributed by atoms with Gasteiger partial charge >= 0.3 is 5.97 Å². The zero-order chi connectivity index (χ0) is 12.5. The summed E-state index contributed by atoms with van der Waals surface area (Å²) in [6.07, 6.45) is 5.36. The van der Waals surface area contributed by atoms with Gasteiger partial charge in [0.15, 0.2) is 0 Å². The minimum Gasteiger partial charge on any atom is -0.481 e. The van der Waals surface area contributed by atoms with Gasteiger partial charge in [0.1, 0.15) is 0 Å². The number of carboxylic acids is 1. The highest BCUT2D eigenvalue weighted by atomic mass is 35.5. The minimum atomic E-state index is -0.719. The van der Waals surface area contributed by atoms with E-state index in [9.17, 15) is 9.90 Å². The molecule has 0 bridgehead atoms. The molecule has 4 heteroatoms. The van der Waals surface area contributed by atoms with E-state index < -0.39 is 11.4 Å². The second-order valence-corrected chi connectivity index (χ2v) is 5.70. The van der Waals surface area contributed by atoms with E-state index in [2.05, 4.69) is 0 Å². The fourth-order valence-electron chi connectivity index (χ4n) is 2.57. The molecule has 1 aliphatic carbocycles. The van der Waals surface area contributed by atoms with Gasteiger partial charge < -0.3 is 5.11 Å². The highest BCUT2D eigenvalue weighted by Crippen LogP contribution is 2.43. The number of halogens is 1. The first kappa shape index (κ1) is 12.8. The van der Waals surface area contributed by atoms with Crippen molar-refractivity contribution in [2.75, 3.05) is 6.26 Å². The van der Waals surface area contributed by atoms with Gasteiger partial charge in [-0.3, -0.25) is 4.79 Å². The van der Waals surface area contributed by atoms with E-state index in [0.717, 1.165) is 36.1 Å². The molecule has 0 spiro atoms. The Balaban J connectivity index is 2.44.